The molecule has 1 N–H and O–H groups in total. The number of pyridine rings is 1. The lowest BCUT2D eigenvalue weighted by molar-refractivity contribution is -0.133. The van der Waals surface area contributed by atoms with Gasteiger partial charge in [-0.15, -0.1) is 0 Å². The zero-order chi connectivity index (χ0) is 18.6. The number of piperazine rings is 1. The summed E-state index contributed by atoms with van der Waals surface area (Å²) in [7, 11) is 0. The maximum atomic E-state index is 12.6. The highest BCUT2D eigenvalue weighted by atomic mass is 35.5. The maximum Gasteiger partial charge on any atom is 0.223 e. The van der Waals surface area contributed by atoms with E-state index in [4.69, 9.17) is 11.6 Å². The number of hydrogen-bond donors (Lipinski definition) is 1. The van der Waals surface area contributed by atoms with E-state index in [1.54, 1.807) is 0 Å². The molecule has 0 aromatic carbocycles. The molecule has 2 aliphatic heterocycles. The lowest BCUT2D eigenvalue weighted by Crippen LogP contribution is -2.48. The molecule has 0 radical (unpaired) electrons. The molecule has 2 aromatic heterocycles. The summed E-state index contributed by atoms with van der Waals surface area (Å²) in [5.74, 6) is 0.229. The van der Waals surface area contributed by atoms with Crippen molar-refractivity contribution < 1.29 is 4.79 Å². The first-order chi connectivity index (χ1) is 13.2. The molecule has 0 unspecified atom stereocenters. The Balaban J connectivity index is 1.22. The molecule has 27 heavy (non-hydrogen) atoms. The quantitative estimate of drug-likeness (QED) is 0.782. The van der Waals surface area contributed by atoms with Crippen LogP contribution in [-0.4, -0.2) is 63.2 Å². The van der Waals surface area contributed by atoms with Crippen molar-refractivity contribution in [3.05, 3.63) is 46.5 Å². The van der Waals surface area contributed by atoms with E-state index >= 15 is 0 Å². The van der Waals surface area contributed by atoms with Crippen LogP contribution in [0.15, 0.2) is 24.4 Å². The van der Waals surface area contributed by atoms with Gasteiger partial charge in [0.25, 0.3) is 0 Å². The molecule has 4 rings (SSSR count). The van der Waals surface area contributed by atoms with Crippen LogP contribution in [0.5, 0.6) is 0 Å². The van der Waals surface area contributed by atoms with E-state index < -0.39 is 0 Å². The van der Waals surface area contributed by atoms with Gasteiger partial charge in [-0.2, -0.15) is 5.10 Å². The number of nitrogens with zero attached hydrogens (tertiary/aromatic N) is 5. The van der Waals surface area contributed by atoms with Gasteiger partial charge in [0, 0.05) is 64.9 Å². The van der Waals surface area contributed by atoms with Crippen molar-refractivity contribution in [3.8, 4) is 0 Å². The van der Waals surface area contributed by atoms with E-state index in [-0.39, 0.29) is 5.91 Å². The number of rotatable bonds is 5. The summed E-state index contributed by atoms with van der Waals surface area (Å²) in [5, 5.41) is 8.48. The zero-order valence-electron chi connectivity index (χ0n) is 15.4. The molecule has 1 fully saturated rings. The number of carbonyl (C=O) groups excluding carboxylic acids is 1. The molecule has 4 heterocycles. The Hall–Kier alpha value is -1.96. The molecule has 2 aromatic rings. The first-order valence-corrected chi connectivity index (χ1v) is 9.92. The molecule has 0 aliphatic carbocycles. The molecule has 0 spiro atoms. The maximum absolute atomic E-state index is 12.6. The Morgan fingerprint density at radius 1 is 1.19 bits per heavy atom. The fourth-order valence-corrected chi connectivity index (χ4v) is 3.79. The second-order valence-electron chi connectivity index (χ2n) is 7.17. The summed E-state index contributed by atoms with van der Waals surface area (Å²) >= 11 is 5.83. The lowest BCUT2D eigenvalue weighted by atomic mass is 10.2. The molecule has 1 amide bonds. The third-order valence-electron chi connectivity index (χ3n) is 5.24. The minimum Gasteiger partial charge on any atom is -0.340 e. The van der Waals surface area contributed by atoms with Gasteiger partial charge in [-0.25, -0.2) is 4.98 Å². The number of amides is 1. The predicted molar refractivity (Wildman–Crippen MR) is 103 cm³/mol. The third-order valence-corrected chi connectivity index (χ3v) is 5.46. The van der Waals surface area contributed by atoms with Crippen LogP contribution in [0.2, 0.25) is 5.15 Å². The third kappa shape index (κ3) is 4.66. The lowest BCUT2D eigenvalue weighted by Gasteiger charge is -2.34. The van der Waals surface area contributed by atoms with Crippen molar-refractivity contribution in [1.29, 1.82) is 0 Å². The van der Waals surface area contributed by atoms with E-state index in [0.717, 1.165) is 70.0 Å². The normalized spacial score (nSPS) is 17.7. The van der Waals surface area contributed by atoms with Crippen LogP contribution in [-0.2, 0) is 30.8 Å². The highest BCUT2D eigenvalue weighted by Gasteiger charge is 2.21. The number of aryl methyl sites for hydroxylation is 1. The van der Waals surface area contributed by atoms with Crippen LogP contribution >= 0.6 is 11.6 Å². The molecule has 0 atom stereocenters. The van der Waals surface area contributed by atoms with Crippen LogP contribution in [0.4, 0.5) is 0 Å². The molecule has 8 heteroatoms. The summed E-state index contributed by atoms with van der Waals surface area (Å²) in [4.78, 5) is 21.0. The molecule has 2 aliphatic rings. The van der Waals surface area contributed by atoms with Gasteiger partial charge in [0.05, 0.1) is 17.9 Å². The first kappa shape index (κ1) is 18.4. The van der Waals surface area contributed by atoms with Crippen LogP contribution < -0.4 is 5.32 Å². The largest absolute Gasteiger partial charge is 0.340 e. The summed E-state index contributed by atoms with van der Waals surface area (Å²) in [5.41, 5.74) is 3.39. The predicted octanol–water partition coefficient (Wildman–Crippen LogP) is 1.31. The first-order valence-electron chi connectivity index (χ1n) is 9.54. The van der Waals surface area contributed by atoms with E-state index in [0.29, 0.717) is 11.6 Å². The van der Waals surface area contributed by atoms with Gasteiger partial charge >= 0.3 is 0 Å². The number of fused-ring (bicyclic) bond motifs is 1. The van der Waals surface area contributed by atoms with E-state index in [1.165, 1.54) is 5.69 Å². The Morgan fingerprint density at radius 2 is 2.04 bits per heavy atom. The minimum absolute atomic E-state index is 0.229. The van der Waals surface area contributed by atoms with Gasteiger partial charge in [-0.1, -0.05) is 17.7 Å². The molecular formula is C19H25ClN6O. The monoisotopic (exact) mass is 388 g/mol. The number of halogens is 1. The number of nitrogens with one attached hydrogen (secondary N) is 1. The average Bonchev–Trinajstić information content (AvgIpc) is 3.11. The van der Waals surface area contributed by atoms with E-state index in [2.05, 4.69) is 31.0 Å². The number of aromatic nitrogens is 3. The smallest absolute Gasteiger partial charge is 0.223 e. The van der Waals surface area contributed by atoms with E-state index in [9.17, 15) is 4.79 Å². The Morgan fingerprint density at radius 3 is 2.78 bits per heavy atom. The summed E-state index contributed by atoms with van der Waals surface area (Å²) < 4.78 is 2.06. The second-order valence-corrected chi connectivity index (χ2v) is 7.56. The van der Waals surface area contributed by atoms with Crippen molar-refractivity contribution in [3.63, 3.8) is 0 Å². The molecule has 0 bridgehead atoms. The fraction of sp³-hybridized carbons (Fsp3) is 0.526. The van der Waals surface area contributed by atoms with Crippen LogP contribution in [0.25, 0.3) is 0 Å². The van der Waals surface area contributed by atoms with Crippen LogP contribution in [0.1, 0.15) is 23.4 Å². The van der Waals surface area contributed by atoms with Crippen molar-refractivity contribution in [2.75, 3.05) is 32.7 Å². The second kappa shape index (κ2) is 8.37. The summed E-state index contributed by atoms with van der Waals surface area (Å²) in [6, 6.07) is 5.95. The van der Waals surface area contributed by atoms with Crippen molar-refractivity contribution in [1.82, 2.24) is 29.9 Å². The van der Waals surface area contributed by atoms with Crippen molar-refractivity contribution in [2.24, 2.45) is 0 Å². The standard InChI is InChI=1S/C19H25ClN6O/c20-18-3-1-15(12-22-18)14-24-7-9-25(10-8-24)19(27)4-2-16-11-17-13-21-5-6-26(17)23-16/h1,3,11-12,21H,2,4-10,13-14H2. The van der Waals surface area contributed by atoms with Crippen molar-refractivity contribution >= 4 is 17.5 Å². The summed E-state index contributed by atoms with van der Waals surface area (Å²) in [6.07, 6.45) is 3.07. The van der Waals surface area contributed by atoms with Gasteiger partial charge in [0.15, 0.2) is 0 Å². The Bertz CT molecular complexity index is 758. The molecule has 1 saturated heterocycles. The van der Waals surface area contributed by atoms with Gasteiger partial charge in [0.1, 0.15) is 5.15 Å². The van der Waals surface area contributed by atoms with Crippen LogP contribution in [0, 0.1) is 0 Å². The van der Waals surface area contributed by atoms with Gasteiger partial charge in [-0.3, -0.25) is 14.4 Å². The fourth-order valence-electron chi connectivity index (χ4n) is 3.68. The molecule has 144 valence electrons. The van der Waals surface area contributed by atoms with Gasteiger partial charge in [-0.05, 0) is 17.7 Å². The van der Waals surface area contributed by atoms with E-state index in [1.807, 2.05) is 23.2 Å². The minimum atomic E-state index is 0.229. The molecule has 7 nitrogen and oxygen atoms in total. The van der Waals surface area contributed by atoms with Crippen LogP contribution in [0.3, 0.4) is 0 Å². The summed E-state index contributed by atoms with van der Waals surface area (Å²) in [6.45, 7) is 6.93. The topological polar surface area (TPSA) is 66.3 Å². The molecule has 0 saturated carbocycles. The van der Waals surface area contributed by atoms with Gasteiger partial charge < -0.3 is 10.2 Å². The highest BCUT2D eigenvalue weighted by Crippen LogP contribution is 2.13. The zero-order valence-corrected chi connectivity index (χ0v) is 16.2. The SMILES string of the molecule is O=C(CCc1cc2n(n1)CCNC2)N1CCN(Cc2ccc(Cl)nc2)CC1. The highest BCUT2D eigenvalue weighted by molar-refractivity contribution is 6.29. The number of carbonyl (C=O) groups is 1. The van der Waals surface area contributed by atoms with Crippen molar-refractivity contribution in [2.45, 2.75) is 32.5 Å². The average molecular weight is 389 g/mol. The van der Waals surface area contributed by atoms with Gasteiger partial charge in [0.2, 0.25) is 5.91 Å². The Kier molecular flexibility index (Phi) is 5.71. The number of hydrogen-bond acceptors (Lipinski definition) is 5. The molecular weight excluding hydrogens is 364 g/mol. The Labute approximate surface area is 164 Å².